The van der Waals surface area contributed by atoms with Crippen molar-refractivity contribution in [3.8, 4) is 0 Å². The van der Waals surface area contributed by atoms with Crippen LogP contribution in [0.4, 0.5) is 0 Å². The Balaban J connectivity index is 1.93. The Morgan fingerprint density at radius 1 is 1.59 bits per heavy atom. The summed E-state index contributed by atoms with van der Waals surface area (Å²) < 4.78 is 4.92. The van der Waals surface area contributed by atoms with E-state index in [0.717, 1.165) is 5.69 Å². The van der Waals surface area contributed by atoms with Crippen molar-refractivity contribution in [2.24, 2.45) is 0 Å². The quantitative estimate of drug-likeness (QED) is 0.788. The molecule has 3 nitrogen and oxygen atoms in total. The lowest BCUT2D eigenvalue weighted by atomic mass is 10.2. The van der Waals surface area contributed by atoms with Crippen molar-refractivity contribution in [3.05, 3.63) is 16.1 Å². The van der Waals surface area contributed by atoms with E-state index in [-0.39, 0.29) is 5.97 Å². The third-order valence-electron chi connectivity index (χ3n) is 2.66. The molecular weight excluding hydrogens is 254 g/mol. The highest BCUT2D eigenvalue weighted by atomic mass is 32.2. The van der Waals surface area contributed by atoms with Gasteiger partial charge < -0.3 is 4.74 Å². The number of hydrogen-bond donors (Lipinski definition) is 0. The number of hydrogen-bond acceptors (Lipinski definition) is 5. The monoisotopic (exact) mass is 271 g/mol. The Bertz CT molecular complexity index is 372. The number of ether oxygens (including phenoxy) is 1. The average molecular weight is 271 g/mol. The Morgan fingerprint density at radius 3 is 3.18 bits per heavy atom. The van der Waals surface area contributed by atoms with E-state index in [0.29, 0.717) is 18.3 Å². The Labute approximate surface area is 110 Å². The second-order valence-corrected chi connectivity index (χ2v) is 6.21. The highest BCUT2D eigenvalue weighted by Crippen LogP contribution is 2.39. The van der Waals surface area contributed by atoms with E-state index in [1.165, 1.54) is 30.0 Å². The van der Waals surface area contributed by atoms with Crippen LogP contribution >= 0.6 is 23.1 Å². The summed E-state index contributed by atoms with van der Waals surface area (Å²) in [6, 6.07) is 0. The van der Waals surface area contributed by atoms with Crippen molar-refractivity contribution in [2.75, 3.05) is 12.4 Å². The molecule has 0 saturated carbocycles. The van der Waals surface area contributed by atoms with Crippen LogP contribution in [0.15, 0.2) is 5.38 Å². The van der Waals surface area contributed by atoms with Gasteiger partial charge in [-0.1, -0.05) is 6.42 Å². The third-order valence-corrected chi connectivity index (χ3v) is 5.20. The number of rotatable bonds is 4. The predicted molar refractivity (Wildman–Crippen MR) is 71.5 cm³/mol. The normalized spacial score (nSPS) is 20.2. The van der Waals surface area contributed by atoms with E-state index >= 15 is 0 Å². The predicted octanol–water partition coefficient (Wildman–Crippen LogP) is 3.21. The largest absolute Gasteiger partial charge is 0.466 e. The smallest absolute Gasteiger partial charge is 0.311 e. The third kappa shape index (κ3) is 3.71. The lowest BCUT2D eigenvalue weighted by molar-refractivity contribution is -0.142. The molecule has 0 amide bonds. The Morgan fingerprint density at radius 2 is 2.47 bits per heavy atom. The van der Waals surface area contributed by atoms with E-state index < -0.39 is 0 Å². The van der Waals surface area contributed by atoms with Crippen LogP contribution in [0.1, 0.15) is 42.1 Å². The first-order valence-electron chi connectivity index (χ1n) is 6.01. The van der Waals surface area contributed by atoms with Crippen molar-refractivity contribution >= 4 is 29.1 Å². The van der Waals surface area contributed by atoms with Crippen LogP contribution in [0.3, 0.4) is 0 Å². The molecule has 5 heteroatoms. The van der Waals surface area contributed by atoms with E-state index in [9.17, 15) is 4.79 Å². The number of aromatic nitrogens is 1. The van der Waals surface area contributed by atoms with Crippen LogP contribution in [0.25, 0.3) is 0 Å². The summed E-state index contributed by atoms with van der Waals surface area (Å²) in [6.45, 7) is 2.26. The SMILES string of the molecule is CCOC(=O)Cc1csc(C2CCCCS2)n1. The van der Waals surface area contributed by atoms with Crippen molar-refractivity contribution in [1.82, 2.24) is 4.98 Å². The van der Waals surface area contributed by atoms with Gasteiger partial charge in [0.25, 0.3) is 0 Å². The molecule has 1 aromatic rings. The maximum atomic E-state index is 11.3. The zero-order chi connectivity index (χ0) is 12.1. The second-order valence-electron chi connectivity index (χ2n) is 4.01. The van der Waals surface area contributed by atoms with Crippen molar-refractivity contribution in [3.63, 3.8) is 0 Å². The maximum absolute atomic E-state index is 11.3. The zero-order valence-corrected chi connectivity index (χ0v) is 11.6. The maximum Gasteiger partial charge on any atom is 0.311 e. The number of carbonyl (C=O) groups is 1. The standard InChI is InChI=1S/C12H17NO2S2/c1-2-15-11(14)7-9-8-17-12(13-9)10-5-3-4-6-16-10/h8,10H,2-7H2,1H3. The van der Waals surface area contributed by atoms with Crippen LogP contribution in [0, 0.1) is 0 Å². The van der Waals surface area contributed by atoms with Crippen LogP contribution in [0.5, 0.6) is 0 Å². The topological polar surface area (TPSA) is 39.2 Å². The Kier molecular flexibility index (Phi) is 4.86. The summed E-state index contributed by atoms with van der Waals surface area (Å²) in [5.41, 5.74) is 0.856. The van der Waals surface area contributed by atoms with Gasteiger partial charge in [-0.15, -0.1) is 11.3 Å². The van der Waals surface area contributed by atoms with E-state index in [4.69, 9.17) is 4.74 Å². The van der Waals surface area contributed by atoms with Crippen LogP contribution in [-0.2, 0) is 16.0 Å². The van der Waals surface area contributed by atoms with Crippen LogP contribution < -0.4 is 0 Å². The summed E-state index contributed by atoms with van der Waals surface area (Å²) in [4.78, 5) is 15.9. The second kappa shape index (κ2) is 6.40. The number of thioether (sulfide) groups is 1. The first kappa shape index (κ1) is 12.9. The highest BCUT2D eigenvalue weighted by molar-refractivity contribution is 7.99. The fraction of sp³-hybridized carbons (Fsp3) is 0.667. The molecule has 1 fully saturated rings. The summed E-state index contributed by atoms with van der Waals surface area (Å²) in [7, 11) is 0. The molecule has 94 valence electrons. The van der Waals surface area contributed by atoms with Gasteiger partial charge in [0.1, 0.15) is 5.01 Å². The van der Waals surface area contributed by atoms with Crippen LogP contribution in [-0.4, -0.2) is 23.3 Å². The molecular formula is C12H17NO2S2. The van der Waals surface area contributed by atoms with Gasteiger partial charge in [0.2, 0.25) is 0 Å². The number of thiazole rings is 1. The van der Waals surface area contributed by atoms with Gasteiger partial charge in [-0.05, 0) is 25.5 Å². The summed E-state index contributed by atoms with van der Waals surface area (Å²) >= 11 is 3.67. The van der Waals surface area contributed by atoms with Gasteiger partial charge in [-0.25, -0.2) is 4.98 Å². The average Bonchev–Trinajstić information content (AvgIpc) is 2.79. The molecule has 1 atom stereocenters. The number of carbonyl (C=O) groups excluding carboxylic acids is 1. The van der Waals surface area contributed by atoms with Gasteiger partial charge in [-0.3, -0.25) is 4.79 Å². The molecule has 2 heterocycles. The number of esters is 1. The molecule has 1 aromatic heterocycles. The fourth-order valence-electron chi connectivity index (χ4n) is 1.85. The van der Waals surface area contributed by atoms with E-state index in [1.54, 1.807) is 11.3 Å². The number of nitrogens with zero attached hydrogens (tertiary/aromatic N) is 1. The lowest BCUT2D eigenvalue weighted by Gasteiger charge is -2.18. The zero-order valence-electron chi connectivity index (χ0n) is 9.98. The molecule has 2 rings (SSSR count). The molecule has 1 aliphatic heterocycles. The first-order chi connectivity index (χ1) is 8.29. The van der Waals surface area contributed by atoms with E-state index in [1.807, 2.05) is 24.1 Å². The molecule has 0 radical (unpaired) electrons. The molecule has 17 heavy (non-hydrogen) atoms. The van der Waals surface area contributed by atoms with Gasteiger partial charge in [0, 0.05) is 5.38 Å². The summed E-state index contributed by atoms with van der Waals surface area (Å²) in [5.74, 6) is 1.05. The van der Waals surface area contributed by atoms with Crippen molar-refractivity contribution in [1.29, 1.82) is 0 Å². The lowest BCUT2D eigenvalue weighted by Crippen LogP contribution is -2.08. The summed E-state index contributed by atoms with van der Waals surface area (Å²) in [6.07, 6.45) is 4.14. The minimum absolute atomic E-state index is 0.180. The molecule has 1 unspecified atom stereocenters. The van der Waals surface area contributed by atoms with E-state index in [2.05, 4.69) is 4.98 Å². The fourth-order valence-corrected chi connectivity index (χ4v) is 4.23. The Hall–Kier alpha value is -0.550. The molecule has 0 aliphatic carbocycles. The van der Waals surface area contributed by atoms with Gasteiger partial charge in [-0.2, -0.15) is 11.8 Å². The highest BCUT2D eigenvalue weighted by Gasteiger charge is 2.19. The molecule has 0 bridgehead atoms. The first-order valence-corrected chi connectivity index (χ1v) is 7.94. The van der Waals surface area contributed by atoms with Crippen molar-refractivity contribution < 1.29 is 9.53 Å². The minimum atomic E-state index is -0.180. The molecule has 0 aromatic carbocycles. The summed E-state index contributed by atoms with van der Waals surface area (Å²) in [5, 5.41) is 3.71. The van der Waals surface area contributed by atoms with Gasteiger partial charge in [0.05, 0.1) is 24.0 Å². The molecule has 1 saturated heterocycles. The molecule has 0 spiro atoms. The minimum Gasteiger partial charge on any atom is -0.466 e. The molecule has 0 N–H and O–H groups in total. The van der Waals surface area contributed by atoms with Crippen LogP contribution in [0.2, 0.25) is 0 Å². The van der Waals surface area contributed by atoms with Gasteiger partial charge >= 0.3 is 5.97 Å². The van der Waals surface area contributed by atoms with Crippen molar-refractivity contribution in [2.45, 2.75) is 37.9 Å². The molecule has 1 aliphatic rings. The van der Waals surface area contributed by atoms with Gasteiger partial charge in [0.15, 0.2) is 0 Å².